The first-order valence-corrected chi connectivity index (χ1v) is 9.53. The quantitative estimate of drug-likeness (QED) is 0.631. The van der Waals surface area contributed by atoms with E-state index < -0.39 is 6.04 Å². The second kappa shape index (κ2) is 6.86. The number of hydrogen-bond acceptors (Lipinski definition) is 3. The van der Waals surface area contributed by atoms with Gasteiger partial charge in [-0.3, -0.25) is 9.59 Å². The molecule has 0 saturated heterocycles. The summed E-state index contributed by atoms with van der Waals surface area (Å²) in [5, 5.41) is 0.925. The number of rotatable bonds is 4. The number of carbonyl (C=O) groups excluding carboxylic acids is 1. The van der Waals surface area contributed by atoms with Gasteiger partial charge in [0.2, 0.25) is 5.76 Å². The number of carbonyl (C=O) groups is 1. The van der Waals surface area contributed by atoms with Crippen molar-refractivity contribution < 1.29 is 9.21 Å². The highest BCUT2D eigenvalue weighted by molar-refractivity contribution is 6.32. The van der Waals surface area contributed by atoms with Gasteiger partial charge in [0.05, 0.1) is 17.0 Å². The lowest BCUT2D eigenvalue weighted by atomic mass is 9.98. The van der Waals surface area contributed by atoms with Gasteiger partial charge in [-0.25, -0.2) is 0 Å². The Balaban J connectivity index is 1.99. The molecule has 1 aromatic heterocycles. The van der Waals surface area contributed by atoms with Crippen molar-refractivity contribution in [1.29, 1.82) is 0 Å². The minimum atomic E-state index is -0.430. The lowest BCUT2D eigenvalue weighted by molar-refractivity contribution is 0.0725. The number of nitrogens with zero attached hydrogens (tertiary/aromatic N) is 1. The first-order chi connectivity index (χ1) is 13.0. The van der Waals surface area contributed by atoms with E-state index in [0.29, 0.717) is 28.1 Å². The van der Waals surface area contributed by atoms with Crippen molar-refractivity contribution in [3.63, 3.8) is 0 Å². The molecule has 1 amide bonds. The monoisotopic (exact) mass is 381 g/mol. The van der Waals surface area contributed by atoms with Crippen LogP contribution in [-0.4, -0.2) is 17.4 Å². The molecule has 4 nitrogen and oxygen atoms in total. The summed E-state index contributed by atoms with van der Waals surface area (Å²) in [4.78, 5) is 28.2. The van der Waals surface area contributed by atoms with E-state index in [0.717, 1.165) is 24.0 Å². The predicted molar refractivity (Wildman–Crippen MR) is 106 cm³/mol. The zero-order valence-electron chi connectivity index (χ0n) is 15.3. The maximum absolute atomic E-state index is 13.3. The molecular formula is C22H20ClNO3. The number of benzene rings is 2. The normalized spacial score (nSPS) is 16.2. The highest BCUT2D eigenvalue weighted by atomic mass is 35.5. The second-order valence-corrected chi connectivity index (χ2v) is 7.34. The molecule has 1 aliphatic heterocycles. The molecule has 1 unspecified atom stereocenters. The smallest absolute Gasteiger partial charge is 0.290 e. The molecule has 138 valence electrons. The zero-order valence-corrected chi connectivity index (χ0v) is 16.0. The maximum Gasteiger partial charge on any atom is 0.290 e. The third-order valence-corrected chi connectivity index (χ3v) is 5.52. The van der Waals surface area contributed by atoms with Crippen LogP contribution in [0.3, 0.4) is 0 Å². The van der Waals surface area contributed by atoms with E-state index in [4.69, 9.17) is 16.0 Å². The van der Waals surface area contributed by atoms with Gasteiger partial charge in [-0.15, -0.1) is 0 Å². The first-order valence-electron chi connectivity index (χ1n) is 9.15. The molecule has 0 fully saturated rings. The average molecular weight is 382 g/mol. The number of aryl methyl sites for hydroxylation is 1. The van der Waals surface area contributed by atoms with Crippen molar-refractivity contribution in [2.24, 2.45) is 0 Å². The van der Waals surface area contributed by atoms with Crippen molar-refractivity contribution in [2.75, 3.05) is 6.54 Å². The van der Waals surface area contributed by atoms with E-state index in [9.17, 15) is 9.59 Å². The van der Waals surface area contributed by atoms with E-state index in [1.165, 1.54) is 0 Å². The summed E-state index contributed by atoms with van der Waals surface area (Å²) in [6.07, 6.45) is 1.82. The van der Waals surface area contributed by atoms with Gasteiger partial charge in [0.25, 0.3) is 5.91 Å². The molecule has 1 aliphatic rings. The lowest BCUT2D eigenvalue weighted by Crippen LogP contribution is -2.30. The highest BCUT2D eigenvalue weighted by Gasteiger charge is 2.42. The molecule has 27 heavy (non-hydrogen) atoms. The number of unbranched alkanes of at least 4 members (excludes halogenated alkanes) is 1. The van der Waals surface area contributed by atoms with Crippen LogP contribution in [-0.2, 0) is 0 Å². The molecule has 0 bridgehead atoms. The van der Waals surface area contributed by atoms with E-state index >= 15 is 0 Å². The van der Waals surface area contributed by atoms with Gasteiger partial charge in [0, 0.05) is 11.6 Å². The van der Waals surface area contributed by atoms with Crippen molar-refractivity contribution in [1.82, 2.24) is 4.90 Å². The first kappa shape index (κ1) is 17.8. The number of halogens is 1. The molecule has 2 aromatic carbocycles. The Hall–Kier alpha value is -2.59. The van der Waals surface area contributed by atoms with E-state index in [2.05, 4.69) is 6.92 Å². The standard InChI is InChI=1S/C22H20ClNO3/c1-3-4-10-24-19(14-8-6-5-7-9-14)18-20(25)15-12-16(23)13(2)11-17(15)27-21(18)22(24)26/h5-9,11-12,19H,3-4,10H2,1-2H3. The van der Waals surface area contributed by atoms with Gasteiger partial charge in [-0.1, -0.05) is 55.3 Å². The molecule has 4 rings (SSSR count). The Kier molecular flexibility index (Phi) is 4.52. The molecule has 1 atom stereocenters. The van der Waals surface area contributed by atoms with Gasteiger partial charge in [-0.2, -0.15) is 0 Å². The van der Waals surface area contributed by atoms with Crippen molar-refractivity contribution in [2.45, 2.75) is 32.7 Å². The van der Waals surface area contributed by atoms with Crippen molar-refractivity contribution in [3.8, 4) is 0 Å². The molecule has 3 aromatic rings. The van der Waals surface area contributed by atoms with Gasteiger partial charge >= 0.3 is 0 Å². The Bertz CT molecular complexity index is 1090. The van der Waals surface area contributed by atoms with Crippen LogP contribution in [0.2, 0.25) is 5.02 Å². The fourth-order valence-corrected chi connectivity index (χ4v) is 3.85. The molecule has 2 heterocycles. The number of hydrogen-bond donors (Lipinski definition) is 0. The molecule has 5 heteroatoms. The molecular weight excluding hydrogens is 362 g/mol. The fourth-order valence-electron chi connectivity index (χ4n) is 3.68. The van der Waals surface area contributed by atoms with Crippen LogP contribution in [0.4, 0.5) is 0 Å². The van der Waals surface area contributed by atoms with Crippen LogP contribution >= 0.6 is 11.6 Å². The molecule has 0 saturated carbocycles. The van der Waals surface area contributed by atoms with E-state index in [1.54, 1.807) is 17.0 Å². The Morgan fingerprint density at radius 3 is 2.59 bits per heavy atom. The lowest BCUT2D eigenvalue weighted by Gasteiger charge is -2.24. The summed E-state index contributed by atoms with van der Waals surface area (Å²) in [6, 6.07) is 12.6. The molecule has 0 radical (unpaired) electrons. The summed E-state index contributed by atoms with van der Waals surface area (Å²) >= 11 is 6.23. The van der Waals surface area contributed by atoms with Crippen LogP contribution in [0.25, 0.3) is 11.0 Å². The molecule has 0 aliphatic carbocycles. The van der Waals surface area contributed by atoms with Crippen LogP contribution < -0.4 is 5.43 Å². The minimum absolute atomic E-state index is 0.152. The van der Waals surface area contributed by atoms with Crippen LogP contribution in [0.15, 0.2) is 51.7 Å². The van der Waals surface area contributed by atoms with Crippen LogP contribution in [0, 0.1) is 6.92 Å². The Morgan fingerprint density at radius 1 is 1.15 bits per heavy atom. The van der Waals surface area contributed by atoms with Gasteiger partial charge in [-0.05, 0) is 36.6 Å². The Morgan fingerprint density at radius 2 is 1.89 bits per heavy atom. The van der Waals surface area contributed by atoms with E-state index in [1.807, 2.05) is 37.3 Å². The molecule has 0 N–H and O–H groups in total. The third-order valence-electron chi connectivity index (χ3n) is 5.11. The third kappa shape index (κ3) is 2.85. The average Bonchev–Trinajstić information content (AvgIpc) is 2.95. The predicted octanol–water partition coefficient (Wildman–Crippen LogP) is 5.10. The zero-order chi connectivity index (χ0) is 19.1. The fraction of sp³-hybridized carbons (Fsp3) is 0.273. The van der Waals surface area contributed by atoms with Crippen LogP contribution in [0.1, 0.15) is 53.1 Å². The summed E-state index contributed by atoms with van der Waals surface area (Å²) in [6.45, 7) is 4.50. The minimum Gasteiger partial charge on any atom is -0.450 e. The summed E-state index contributed by atoms with van der Waals surface area (Å²) in [7, 11) is 0. The van der Waals surface area contributed by atoms with Crippen LogP contribution in [0.5, 0.6) is 0 Å². The topological polar surface area (TPSA) is 50.5 Å². The summed E-state index contributed by atoms with van der Waals surface area (Å²) < 4.78 is 5.95. The molecule has 0 spiro atoms. The van der Waals surface area contributed by atoms with Crippen molar-refractivity contribution in [3.05, 3.63) is 80.2 Å². The summed E-state index contributed by atoms with van der Waals surface area (Å²) in [5.41, 5.74) is 2.34. The van der Waals surface area contributed by atoms with Gasteiger partial charge in [0.1, 0.15) is 5.58 Å². The number of amides is 1. The number of fused-ring (bicyclic) bond motifs is 2. The largest absolute Gasteiger partial charge is 0.450 e. The second-order valence-electron chi connectivity index (χ2n) is 6.94. The maximum atomic E-state index is 13.3. The highest BCUT2D eigenvalue weighted by Crippen LogP contribution is 2.38. The van der Waals surface area contributed by atoms with Gasteiger partial charge in [0.15, 0.2) is 5.43 Å². The summed E-state index contributed by atoms with van der Waals surface area (Å²) in [5.74, 6) is -0.0712. The van der Waals surface area contributed by atoms with Gasteiger partial charge < -0.3 is 9.32 Å². The SMILES string of the molecule is CCCCN1C(=O)c2oc3cc(C)c(Cl)cc3c(=O)c2C1c1ccccc1. The van der Waals surface area contributed by atoms with E-state index in [-0.39, 0.29) is 17.1 Å². The van der Waals surface area contributed by atoms with Crippen molar-refractivity contribution >= 4 is 28.5 Å². The Labute approximate surface area is 162 Å².